The van der Waals surface area contributed by atoms with E-state index in [1.54, 1.807) is 19.1 Å². The van der Waals surface area contributed by atoms with Crippen molar-refractivity contribution in [3.8, 4) is 0 Å². The molecule has 1 fully saturated rings. The van der Waals surface area contributed by atoms with Crippen LogP contribution in [0.4, 0.5) is 0 Å². The van der Waals surface area contributed by atoms with E-state index in [0.29, 0.717) is 29.7 Å². The number of aromatic nitrogens is 3. The molecule has 2 N–H and O–H groups in total. The maximum absolute atomic E-state index is 12.5. The molecule has 2 amide bonds. The summed E-state index contributed by atoms with van der Waals surface area (Å²) in [6, 6.07) is 3.32. The fourth-order valence-electron chi connectivity index (χ4n) is 3.05. The number of thioether (sulfide) groups is 1. The van der Waals surface area contributed by atoms with E-state index >= 15 is 0 Å². The van der Waals surface area contributed by atoms with Crippen LogP contribution >= 0.6 is 11.8 Å². The molecular weight excluding hydrogens is 442 g/mol. The molecule has 12 heteroatoms. The van der Waals surface area contributed by atoms with Gasteiger partial charge in [-0.25, -0.2) is 13.4 Å². The Morgan fingerprint density at radius 3 is 2.84 bits per heavy atom. The molecule has 1 saturated heterocycles. The standard InChI is InChI=1S/C19H25N5O5S2/c1-3-24(10-17(25)20-14-8-9-31(27,28)12-14)18(26)11-30-19-21-16(22-23-19)7-6-15-5-4-13(2)29-15/h4-7,14H,3,8-12H2,1-2H3,(H,20,25)(H,21,22,23)/b7-6+/t14-/m0/s1. The van der Waals surface area contributed by atoms with Gasteiger partial charge in [-0.2, -0.15) is 0 Å². The fourth-order valence-corrected chi connectivity index (χ4v) is 5.43. The Labute approximate surface area is 184 Å². The molecule has 0 unspecified atom stereocenters. The van der Waals surface area contributed by atoms with Crippen LogP contribution in [-0.4, -0.2) is 76.7 Å². The zero-order valence-electron chi connectivity index (χ0n) is 17.3. The van der Waals surface area contributed by atoms with Gasteiger partial charge < -0.3 is 14.6 Å². The number of rotatable bonds is 9. The molecule has 1 aliphatic rings. The van der Waals surface area contributed by atoms with Crippen LogP contribution in [0.3, 0.4) is 0 Å². The number of hydrogen-bond acceptors (Lipinski definition) is 8. The van der Waals surface area contributed by atoms with Crippen molar-refractivity contribution in [1.82, 2.24) is 25.4 Å². The van der Waals surface area contributed by atoms with Gasteiger partial charge in [-0.15, -0.1) is 5.10 Å². The predicted molar refractivity (Wildman–Crippen MR) is 117 cm³/mol. The first-order chi connectivity index (χ1) is 14.7. The quantitative estimate of drug-likeness (QED) is 0.523. The first-order valence-electron chi connectivity index (χ1n) is 9.81. The summed E-state index contributed by atoms with van der Waals surface area (Å²) in [4.78, 5) is 30.4. The number of furan rings is 1. The van der Waals surface area contributed by atoms with Crippen molar-refractivity contribution in [2.24, 2.45) is 0 Å². The largest absolute Gasteiger partial charge is 0.462 e. The molecule has 1 aliphatic heterocycles. The second-order valence-corrected chi connectivity index (χ2v) is 10.3. The minimum absolute atomic E-state index is 0.0458. The second kappa shape index (κ2) is 10.1. The Balaban J connectivity index is 1.46. The lowest BCUT2D eigenvalue weighted by molar-refractivity contribution is -0.134. The summed E-state index contributed by atoms with van der Waals surface area (Å²) in [6.45, 7) is 3.89. The maximum Gasteiger partial charge on any atom is 0.239 e. The van der Waals surface area contributed by atoms with Gasteiger partial charge in [-0.1, -0.05) is 11.8 Å². The van der Waals surface area contributed by atoms with Gasteiger partial charge in [0, 0.05) is 12.6 Å². The molecule has 0 saturated carbocycles. The first kappa shape index (κ1) is 23.1. The summed E-state index contributed by atoms with van der Waals surface area (Å²) in [7, 11) is -3.07. The van der Waals surface area contributed by atoms with Gasteiger partial charge in [0.2, 0.25) is 17.0 Å². The van der Waals surface area contributed by atoms with Crippen molar-refractivity contribution in [3.05, 3.63) is 29.5 Å². The average molecular weight is 468 g/mol. The summed E-state index contributed by atoms with van der Waals surface area (Å²) in [5.74, 6) is 1.57. The summed E-state index contributed by atoms with van der Waals surface area (Å²) in [5.41, 5.74) is 0. The van der Waals surface area contributed by atoms with Crippen LogP contribution in [0, 0.1) is 6.92 Å². The Bertz CT molecular complexity index is 1060. The van der Waals surface area contributed by atoms with Gasteiger partial charge >= 0.3 is 0 Å². The van der Waals surface area contributed by atoms with Crippen molar-refractivity contribution >= 4 is 45.6 Å². The van der Waals surface area contributed by atoms with Crippen LogP contribution in [0.5, 0.6) is 0 Å². The van der Waals surface area contributed by atoms with Gasteiger partial charge in [0.05, 0.1) is 23.8 Å². The van der Waals surface area contributed by atoms with Crippen molar-refractivity contribution < 1.29 is 22.4 Å². The number of aryl methyl sites for hydroxylation is 1. The predicted octanol–water partition coefficient (Wildman–Crippen LogP) is 1.12. The molecule has 3 rings (SSSR count). The number of aromatic amines is 1. The van der Waals surface area contributed by atoms with E-state index < -0.39 is 9.84 Å². The highest BCUT2D eigenvalue weighted by Gasteiger charge is 2.29. The van der Waals surface area contributed by atoms with E-state index in [-0.39, 0.29) is 41.7 Å². The lowest BCUT2D eigenvalue weighted by atomic mass is 10.2. The Hall–Kier alpha value is -2.60. The highest BCUT2D eigenvalue weighted by Crippen LogP contribution is 2.15. The number of carbonyl (C=O) groups excluding carboxylic acids is 2. The molecule has 2 aromatic rings. The molecule has 3 heterocycles. The maximum atomic E-state index is 12.5. The molecule has 168 valence electrons. The SMILES string of the molecule is CCN(CC(=O)N[C@H]1CCS(=O)(=O)C1)C(=O)CSc1n[nH]c(/C=C/c2ccc(C)o2)n1. The topological polar surface area (TPSA) is 138 Å². The second-order valence-electron chi connectivity index (χ2n) is 7.15. The van der Waals surface area contributed by atoms with Gasteiger partial charge in [0.15, 0.2) is 9.84 Å². The van der Waals surface area contributed by atoms with Gasteiger partial charge in [0.1, 0.15) is 17.3 Å². The van der Waals surface area contributed by atoms with Crippen LogP contribution in [-0.2, 0) is 19.4 Å². The number of amides is 2. The van der Waals surface area contributed by atoms with Crippen LogP contribution in [0.2, 0.25) is 0 Å². The van der Waals surface area contributed by atoms with E-state index in [1.165, 1.54) is 16.7 Å². The van der Waals surface area contributed by atoms with Crippen LogP contribution in [0.15, 0.2) is 21.7 Å². The third-order valence-corrected chi connectivity index (χ3v) is 7.24. The summed E-state index contributed by atoms with van der Waals surface area (Å²) in [6.07, 6.45) is 3.90. The number of sulfone groups is 1. The number of carbonyl (C=O) groups is 2. The summed E-state index contributed by atoms with van der Waals surface area (Å²) >= 11 is 1.17. The van der Waals surface area contributed by atoms with E-state index in [1.807, 2.05) is 19.1 Å². The number of likely N-dealkylation sites (N-methyl/N-ethyl adjacent to an activating group) is 1. The lowest BCUT2D eigenvalue weighted by Gasteiger charge is -2.21. The minimum atomic E-state index is -3.07. The van der Waals surface area contributed by atoms with Crippen LogP contribution in [0.25, 0.3) is 12.2 Å². The molecular formula is C19H25N5O5S2. The normalized spacial score (nSPS) is 17.8. The number of nitrogens with zero attached hydrogens (tertiary/aromatic N) is 3. The summed E-state index contributed by atoms with van der Waals surface area (Å²) < 4.78 is 28.5. The van der Waals surface area contributed by atoms with Crippen molar-refractivity contribution in [3.63, 3.8) is 0 Å². The third kappa shape index (κ3) is 6.96. The molecule has 1 atom stereocenters. The molecule has 0 spiro atoms. The zero-order chi connectivity index (χ0) is 22.4. The van der Waals surface area contributed by atoms with E-state index in [9.17, 15) is 18.0 Å². The minimum Gasteiger partial charge on any atom is -0.462 e. The zero-order valence-corrected chi connectivity index (χ0v) is 19.0. The summed E-state index contributed by atoms with van der Waals surface area (Å²) in [5, 5.41) is 9.97. The Morgan fingerprint density at radius 2 is 2.19 bits per heavy atom. The molecule has 10 nitrogen and oxygen atoms in total. The number of hydrogen-bond donors (Lipinski definition) is 2. The number of nitrogens with one attached hydrogen (secondary N) is 2. The molecule has 0 bridgehead atoms. The number of H-pyrrole nitrogens is 1. The van der Waals surface area contributed by atoms with Crippen LogP contribution < -0.4 is 5.32 Å². The van der Waals surface area contributed by atoms with E-state index in [0.717, 1.165) is 5.76 Å². The van der Waals surface area contributed by atoms with Gasteiger partial charge in [0.25, 0.3) is 0 Å². The van der Waals surface area contributed by atoms with E-state index in [4.69, 9.17) is 4.42 Å². The smallest absolute Gasteiger partial charge is 0.239 e. The molecule has 0 aliphatic carbocycles. The molecule has 0 aromatic carbocycles. The van der Waals surface area contributed by atoms with Gasteiger partial charge in [-0.3, -0.25) is 14.7 Å². The molecule has 31 heavy (non-hydrogen) atoms. The molecule has 0 radical (unpaired) electrons. The fraction of sp³-hybridized carbons (Fsp3) is 0.474. The van der Waals surface area contributed by atoms with Gasteiger partial charge in [-0.05, 0) is 44.6 Å². The van der Waals surface area contributed by atoms with Crippen LogP contribution in [0.1, 0.15) is 30.7 Å². The first-order valence-corrected chi connectivity index (χ1v) is 12.6. The van der Waals surface area contributed by atoms with Crippen molar-refractivity contribution in [2.75, 3.05) is 30.3 Å². The van der Waals surface area contributed by atoms with Crippen molar-refractivity contribution in [1.29, 1.82) is 0 Å². The van der Waals surface area contributed by atoms with E-state index in [2.05, 4.69) is 20.5 Å². The Morgan fingerprint density at radius 1 is 1.39 bits per heavy atom. The highest BCUT2D eigenvalue weighted by atomic mass is 32.2. The monoisotopic (exact) mass is 467 g/mol. The third-order valence-electron chi connectivity index (χ3n) is 4.64. The lowest BCUT2D eigenvalue weighted by Crippen LogP contribution is -2.45. The Kier molecular flexibility index (Phi) is 7.55. The average Bonchev–Trinajstić information content (AvgIpc) is 3.42. The highest BCUT2D eigenvalue weighted by molar-refractivity contribution is 7.99. The molecule has 2 aromatic heterocycles. The van der Waals surface area contributed by atoms with Crippen molar-refractivity contribution in [2.45, 2.75) is 31.5 Å².